The third kappa shape index (κ3) is 4.07. The summed E-state index contributed by atoms with van der Waals surface area (Å²) in [6.07, 6.45) is 9.38. The third-order valence-electron chi connectivity index (χ3n) is 4.43. The quantitative estimate of drug-likeness (QED) is 0.878. The van der Waals surface area contributed by atoms with Gasteiger partial charge in [-0.05, 0) is 30.9 Å². The van der Waals surface area contributed by atoms with E-state index in [9.17, 15) is 4.79 Å². The predicted molar refractivity (Wildman–Crippen MR) is 93.5 cm³/mol. The summed E-state index contributed by atoms with van der Waals surface area (Å²) in [6.45, 7) is 2.20. The third-order valence-corrected chi connectivity index (χ3v) is 5.19. The van der Waals surface area contributed by atoms with E-state index in [1.165, 1.54) is 30.6 Å². The number of carbonyl (C=O) groups excluding carboxylic acids is 1. The number of aromatic nitrogens is 2. The van der Waals surface area contributed by atoms with Gasteiger partial charge in [0, 0.05) is 29.4 Å². The Labute approximate surface area is 140 Å². The highest BCUT2D eigenvalue weighted by Gasteiger charge is 2.25. The average Bonchev–Trinajstić information content (AvgIpc) is 3.04. The van der Waals surface area contributed by atoms with E-state index < -0.39 is 0 Å². The SMILES string of the molecule is CCC1CCCCC1NC(=O)Nc1nc(-c2cccnc2)cs1. The molecule has 3 rings (SSSR count). The van der Waals surface area contributed by atoms with E-state index >= 15 is 0 Å². The number of pyridine rings is 1. The fourth-order valence-electron chi connectivity index (χ4n) is 3.17. The number of anilines is 1. The van der Waals surface area contributed by atoms with Gasteiger partial charge in [-0.1, -0.05) is 26.2 Å². The van der Waals surface area contributed by atoms with Crippen LogP contribution in [0, 0.1) is 5.92 Å². The molecule has 0 aliphatic heterocycles. The second-order valence-corrected chi connectivity index (χ2v) is 6.80. The maximum absolute atomic E-state index is 12.2. The summed E-state index contributed by atoms with van der Waals surface area (Å²) in [6, 6.07) is 3.97. The number of nitrogens with zero attached hydrogens (tertiary/aromatic N) is 2. The minimum absolute atomic E-state index is 0.151. The van der Waals surface area contributed by atoms with Crippen LogP contribution in [0.1, 0.15) is 39.0 Å². The summed E-state index contributed by atoms with van der Waals surface area (Å²) >= 11 is 1.43. The molecular weight excluding hydrogens is 308 g/mol. The van der Waals surface area contributed by atoms with Gasteiger partial charge in [0.25, 0.3) is 0 Å². The minimum Gasteiger partial charge on any atom is -0.335 e. The molecule has 1 saturated carbocycles. The van der Waals surface area contributed by atoms with Gasteiger partial charge in [-0.25, -0.2) is 9.78 Å². The molecule has 0 radical (unpaired) electrons. The van der Waals surface area contributed by atoms with Crippen LogP contribution in [-0.2, 0) is 0 Å². The molecule has 1 fully saturated rings. The fourth-order valence-corrected chi connectivity index (χ4v) is 3.88. The monoisotopic (exact) mass is 330 g/mol. The topological polar surface area (TPSA) is 66.9 Å². The van der Waals surface area contributed by atoms with Gasteiger partial charge in [0.1, 0.15) is 0 Å². The first-order valence-electron chi connectivity index (χ1n) is 8.19. The van der Waals surface area contributed by atoms with Gasteiger partial charge in [0.15, 0.2) is 5.13 Å². The Morgan fingerprint density at radius 2 is 2.26 bits per heavy atom. The number of nitrogens with one attached hydrogen (secondary N) is 2. The van der Waals surface area contributed by atoms with E-state index in [1.54, 1.807) is 12.4 Å². The fraction of sp³-hybridized carbons (Fsp3) is 0.471. The zero-order valence-corrected chi connectivity index (χ0v) is 14.1. The van der Waals surface area contributed by atoms with Crippen LogP contribution in [0.3, 0.4) is 0 Å². The van der Waals surface area contributed by atoms with Gasteiger partial charge in [-0.15, -0.1) is 11.3 Å². The molecule has 0 saturated heterocycles. The lowest BCUT2D eigenvalue weighted by Gasteiger charge is -2.31. The molecule has 2 amide bonds. The van der Waals surface area contributed by atoms with Gasteiger partial charge in [0.05, 0.1) is 5.69 Å². The van der Waals surface area contributed by atoms with Gasteiger partial charge in [0.2, 0.25) is 0 Å². The zero-order chi connectivity index (χ0) is 16.1. The molecule has 0 bridgehead atoms. The number of amides is 2. The molecule has 6 heteroatoms. The lowest BCUT2D eigenvalue weighted by atomic mass is 9.83. The summed E-state index contributed by atoms with van der Waals surface area (Å²) in [5, 5.41) is 8.53. The van der Waals surface area contributed by atoms with Crippen molar-refractivity contribution >= 4 is 22.5 Å². The van der Waals surface area contributed by atoms with Crippen molar-refractivity contribution in [2.75, 3.05) is 5.32 Å². The van der Waals surface area contributed by atoms with Crippen LogP contribution < -0.4 is 10.6 Å². The lowest BCUT2D eigenvalue weighted by Crippen LogP contribution is -2.43. The van der Waals surface area contributed by atoms with Crippen molar-refractivity contribution in [3.63, 3.8) is 0 Å². The Balaban J connectivity index is 1.59. The summed E-state index contributed by atoms with van der Waals surface area (Å²) in [7, 11) is 0. The Hall–Kier alpha value is -1.95. The van der Waals surface area contributed by atoms with Crippen molar-refractivity contribution in [3.8, 4) is 11.3 Å². The Kier molecular flexibility index (Phi) is 5.23. The molecule has 5 nitrogen and oxygen atoms in total. The molecule has 2 atom stereocenters. The van der Waals surface area contributed by atoms with Crippen molar-refractivity contribution in [3.05, 3.63) is 29.9 Å². The molecular formula is C17H22N4OS. The lowest BCUT2D eigenvalue weighted by molar-refractivity contribution is 0.226. The van der Waals surface area contributed by atoms with Crippen LogP contribution in [-0.4, -0.2) is 22.0 Å². The first-order valence-corrected chi connectivity index (χ1v) is 9.07. The highest BCUT2D eigenvalue weighted by molar-refractivity contribution is 7.14. The maximum Gasteiger partial charge on any atom is 0.321 e. The number of hydrogen-bond donors (Lipinski definition) is 2. The van der Waals surface area contributed by atoms with E-state index in [0.717, 1.165) is 24.1 Å². The molecule has 1 aliphatic rings. The number of carbonyl (C=O) groups is 1. The molecule has 1 aliphatic carbocycles. The van der Waals surface area contributed by atoms with Gasteiger partial charge in [-0.3, -0.25) is 10.3 Å². The molecule has 0 aromatic carbocycles. The predicted octanol–water partition coefficient (Wildman–Crippen LogP) is 4.30. The van der Waals surface area contributed by atoms with Crippen molar-refractivity contribution in [1.29, 1.82) is 0 Å². The molecule has 2 unspecified atom stereocenters. The highest BCUT2D eigenvalue weighted by atomic mass is 32.1. The van der Waals surface area contributed by atoms with Crippen molar-refractivity contribution in [2.24, 2.45) is 5.92 Å². The average molecular weight is 330 g/mol. The Bertz CT molecular complexity index is 643. The molecule has 0 spiro atoms. The van der Waals surface area contributed by atoms with Crippen LogP contribution in [0.25, 0.3) is 11.3 Å². The zero-order valence-electron chi connectivity index (χ0n) is 13.3. The van der Waals surface area contributed by atoms with Crippen molar-refractivity contribution in [1.82, 2.24) is 15.3 Å². The normalized spacial score (nSPS) is 20.9. The Morgan fingerprint density at radius 3 is 3.04 bits per heavy atom. The van der Waals surface area contributed by atoms with Crippen LogP contribution in [0.5, 0.6) is 0 Å². The molecule has 2 heterocycles. The maximum atomic E-state index is 12.2. The second kappa shape index (κ2) is 7.55. The van der Waals surface area contributed by atoms with E-state index in [-0.39, 0.29) is 12.1 Å². The largest absolute Gasteiger partial charge is 0.335 e. The Morgan fingerprint density at radius 1 is 1.39 bits per heavy atom. The molecule has 23 heavy (non-hydrogen) atoms. The number of thiazole rings is 1. The van der Waals surface area contributed by atoms with Crippen LogP contribution in [0.2, 0.25) is 0 Å². The molecule has 122 valence electrons. The van der Waals surface area contributed by atoms with E-state index in [1.807, 2.05) is 17.5 Å². The summed E-state index contributed by atoms with van der Waals surface area (Å²) < 4.78 is 0. The van der Waals surface area contributed by atoms with E-state index in [2.05, 4.69) is 27.5 Å². The van der Waals surface area contributed by atoms with Gasteiger partial charge < -0.3 is 5.32 Å². The summed E-state index contributed by atoms with van der Waals surface area (Å²) in [4.78, 5) is 20.8. The van der Waals surface area contributed by atoms with Crippen molar-refractivity contribution < 1.29 is 4.79 Å². The summed E-state index contributed by atoms with van der Waals surface area (Å²) in [5.74, 6) is 0.594. The number of rotatable bonds is 4. The van der Waals surface area contributed by atoms with E-state index in [4.69, 9.17) is 0 Å². The van der Waals surface area contributed by atoms with Crippen LogP contribution in [0.15, 0.2) is 29.9 Å². The second-order valence-electron chi connectivity index (χ2n) is 5.94. The van der Waals surface area contributed by atoms with Gasteiger partial charge in [-0.2, -0.15) is 0 Å². The molecule has 2 aromatic heterocycles. The van der Waals surface area contributed by atoms with E-state index in [0.29, 0.717) is 11.0 Å². The summed E-state index contributed by atoms with van der Waals surface area (Å²) in [5.41, 5.74) is 1.79. The van der Waals surface area contributed by atoms with Crippen LogP contribution in [0.4, 0.5) is 9.93 Å². The first-order chi connectivity index (χ1) is 11.3. The van der Waals surface area contributed by atoms with Crippen LogP contribution >= 0.6 is 11.3 Å². The highest BCUT2D eigenvalue weighted by Crippen LogP contribution is 2.27. The number of urea groups is 1. The minimum atomic E-state index is -0.151. The standard InChI is InChI=1S/C17H22N4OS/c1-2-12-6-3-4-8-14(12)19-16(22)21-17-20-15(11-23-17)13-7-5-9-18-10-13/h5,7,9-12,14H,2-4,6,8H2,1H3,(H2,19,20,21,22). The number of hydrogen-bond acceptors (Lipinski definition) is 4. The van der Waals surface area contributed by atoms with Gasteiger partial charge >= 0.3 is 6.03 Å². The molecule has 2 aromatic rings. The smallest absolute Gasteiger partial charge is 0.321 e. The van der Waals surface area contributed by atoms with Crippen molar-refractivity contribution in [2.45, 2.75) is 45.1 Å². The first kappa shape index (κ1) is 15.9. The molecule has 2 N–H and O–H groups in total.